The van der Waals surface area contributed by atoms with Crippen molar-refractivity contribution in [3.63, 3.8) is 0 Å². The number of nitrogens with zero attached hydrogens (tertiary/aromatic N) is 3. The highest BCUT2D eigenvalue weighted by Crippen LogP contribution is 2.30. The molecule has 0 unspecified atom stereocenters. The Morgan fingerprint density at radius 1 is 1.19 bits per heavy atom. The fourth-order valence-electron chi connectivity index (χ4n) is 2.80. The van der Waals surface area contributed by atoms with Gasteiger partial charge in [0.05, 0.1) is 11.4 Å². The lowest BCUT2D eigenvalue weighted by Gasteiger charge is -2.03. The molecule has 0 spiro atoms. The fraction of sp³-hybridized carbons (Fsp3) is 0.105. The number of benzene rings is 1. The molecular weight excluding hydrogens is 368 g/mol. The summed E-state index contributed by atoms with van der Waals surface area (Å²) in [4.78, 5) is 20.6. The first-order valence-electron chi connectivity index (χ1n) is 7.99. The molecule has 4 aromatic rings. The number of hydrogen-bond donors (Lipinski definition) is 1. The number of Topliss-reactive ketones (excluding diaryl/α,β-unsaturated/α-hetero) is 1. The standard InChI is InChI=1S/C19H15ClN4OS/c1-11-18(24-8-7-14(20)9-17(24)21-11)16-10-26-19(23-16)22-15-5-3-13(4-6-15)12(2)25/h3-10H,1-2H3,(H,22,23). The maximum absolute atomic E-state index is 11.4. The average Bonchev–Trinajstić information content (AvgIpc) is 3.18. The molecule has 0 radical (unpaired) electrons. The molecule has 0 amide bonds. The fourth-order valence-corrected chi connectivity index (χ4v) is 3.67. The summed E-state index contributed by atoms with van der Waals surface area (Å²) in [6.45, 7) is 3.52. The number of anilines is 2. The Labute approximate surface area is 159 Å². The minimum atomic E-state index is 0.0521. The van der Waals surface area contributed by atoms with Crippen molar-refractivity contribution in [1.82, 2.24) is 14.4 Å². The zero-order valence-corrected chi connectivity index (χ0v) is 15.7. The average molecular weight is 383 g/mol. The van der Waals surface area contributed by atoms with Crippen LogP contribution in [-0.4, -0.2) is 20.2 Å². The van der Waals surface area contributed by atoms with E-state index in [9.17, 15) is 4.79 Å². The van der Waals surface area contributed by atoms with Crippen molar-refractivity contribution in [2.45, 2.75) is 13.8 Å². The highest BCUT2D eigenvalue weighted by molar-refractivity contribution is 7.14. The van der Waals surface area contributed by atoms with Crippen molar-refractivity contribution in [2.75, 3.05) is 5.32 Å². The predicted molar refractivity (Wildman–Crippen MR) is 106 cm³/mol. The molecular formula is C19H15ClN4OS. The topological polar surface area (TPSA) is 59.3 Å². The van der Waals surface area contributed by atoms with E-state index in [2.05, 4.69) is 15.3 Å². The van der Waals surface area contributed by atoms with E-state index in [0.717, 1.165) is 33.5 Å². The van der Waals surface area contributed by atoms with Gasteiger partial charge >= 0.3 is 0 Å². The molecule has 0 saturated heterocycles. The number of fused-ring (bicyclic) bond motifs is 1. The van der Waals surface area contributed by atoms with Gasteiger partial charge in [0.25, 0.3) is 0 Å². The highest BCUT2D eigenvalue weighted by atomic mass is 35.5. The number of nitrogens with one attached hydrogen (secondary N) is 1. The second kappa shape index (κ2) is 6.55. The van der Waals surface area contributed by atoms with Gasteiger partial charge in [0.2, 0.25) is 0 Å². The van der Waals surface area contributed by atoms with Gasteiger partial charge in [0, 0.05) is 33.9 Å². The lowest BCUT2D eigenvalue weighted by molar-refractivity contribution is 0.101. The van der Waals surface area contributed by atoms with Gasteiger partial charge < -0.3 is 5.32 Å². The van der Waals surface area contributed by atoms with Crippen molar-refractivity contribution in [3.05, 3.63) is 64.3 Å². The molecule has 5 nitrogen and oxygen atoms in total. The Bertz CT molecular complexity index is 1110. The van der Waals surface area contributed by atoms with Crippen LogP contribution in [0.25, 0.3) is 17.0 Å². The first kappa shape index (κ1) is 16.8. The Morgan fingerprint density at radius 2 is 1.96 bits per heavy atom. The number of halogens is 1. The molecule has 0 aliphatic rings. The second-order valence-electron chi connectivity index (χ2n) is 5.92. The minimum absolute atomic E-state index is 0.0521. The van der Waals surface area contributed by atoms with Crippen LogP contribution in [-0.2, 0) is 0 Å². The number of carbonyl (C=O) groups is 1. The number of hydrogen-bond acceptors (Lipinski definition) is 5. The maximum Gasteiger partial charge on any atom is 0.187 e. The molecule has 4 rings (SSSR count). The molecule has 3 heterocycles. The van der Waals surface area contributed by atoms with Crippen LogP contribution in [0.15, 0.2) is 48.0 Å². The molecule has 130 valence electrons. The van der Waals surface area contributed by atoms with E-state index in [0.29, 0.717) is 10.6 Å². The van der Waals surface area contributed by atoms with Gasteiger partial charge in [-0.05, 0) is 44.2 Å². The van der Waals surface area contributed by atoms with E-state index in [1.165, 1.54) is 11.3 Å². The third-order valence-electron chi connectivity index (χ3n) is 4.05. The molecule has 1 N–H and O–H groups in total. The molecule has 3 aromatic heterocycles. The molecule has 0 fully saturated rings. The highest BCUT2D eigenvalue weighted by Gasteiger charge is 2.14. The molecule has 7 heteroatoms. The van der Waals surface area contributed by atoms with E-state index < -0.39 is 0 Å². The van der Waals surface area contributed by atoms with Crippen LogP contribution >= 0.6 is 22.9 Å². The van der Waals surface area contributed by atoms with Gasteiger partial charge in [-0.2, -0.15) is 0 Å². The lowest BCUT2D eigenvalue weighted by atomic mass is 10.1. The largest absolute Gasteiger partial charge is 0.332 e. The van der Waals surface area contributed by atoms with Crippen LogP contribution in [0.2, 0.25) is 5.02 Å². The summed E-state index contributed by atoms with van der Waals surface area (Å²) in [5.74, 6) is 0.0521. The Morgan fingerprint density at radius 3 is 2.69 bits per heavy atom. The van der Waals surface area contributed by atoms with Crippen LogP contribution in [0.5, 0.6) is 0 Å². The summed E-state index contributed by atoms with van der Waals surface area (Å²) in [5, 5.41) is 6.70. The molecule has 0 aliphatic carbocycles. The summed E-state index contributed by atoms with van der Waals surface area (Å²) in [6, 6.07) is 11.0. The van der Waals surface area contributed by atoms with E-state index in [1.807, 2.05) is 47.2 Å². The Kier molecular flexibility index (Phi) is 4.22. The molecule has 1 aromatic carbocycles. The van der Waals surface area contributed by atoms with E-state index in [4.69, 9.17) is 11.6 Å². The van der Waals surface area contributed by atoms with E-state index in [-0.39, 0.29) is 5.78 Å². The quantitative estimate of drug-likeness (QED) is 0.482. The SMILES string of the molecule is CC(=O)c1ccc(Nc2nc(-c3c(C)nc4cc(Cl)ccn34)cs2)cc1. The van der Waals surface area contributed by atoms with Crippen molar-refractivity contribution in [2.24, 2.45) is 0 Å². The number of aromatic nitrogens is 3. The summed E-state index contributed by atoms with van der Waals surface area (Å²) in [7, 11) is 0. The lowest BCUT2D eigenvalue weighted by Crippen LogP contribution is -1.94. The zero-order valence-electron chi connectivity index (χ0n) is 14.2. The van der Waals surface area contributed by atoms with Crippen molar-refractivity contribution in [3.8, 4) is 11.4 Å². The van der Waals surface area contributed by atoms with Crippen LogP contribution in [0.1, 0.15) is 23.0 Å². The van der Waals surface area contributed by atoms with Gasteiger partial charge in [-0.1, -0.05) is 11.6 Å². The normalized spacial score (nSPS) is 11.0. The third kappa shape index (κ3) is 3.09. The van der Waals surface area contributed by atoms with Crippen LogP contribution in [0.4, 0.5) is 10.8 Å². The first-order chi connectivity index (χ1) is 12.5. The summed E-state index contributed by atoms with van der Waals surface area (Å²) in [5.41, 5.74) is 5.08. The number of pyridine rings is 1. The number of imidazole rings is 1. The van der Waals surface area contributed by atoms with Gasteiger partial charge in [0.1, 0.15) is 11.3 Å². The van der Waals surface area contributed by atoms with Crippen LogP contribution in [0.3, 0.4) is 0 Å². The van der Waals surface area contributed by atoms with Gasteiger partial charge in [-0.25, -0.2) is 9.97 Å². The van der Waals surface area contributed by atoms with Gasteiger partial charge in [0.15, 0.2) is 10.9 Å². The second-order valence-corrected chi connectivity index (χ2v) is 7.21. The van der Waals surface area contributed by atoms with E-state index >= 15 is 0 Å². The van der Waals surface area contributed by atoms with Gasteiger partial charge in [-0.3, -0.25) is 9.20 Å². The number of carbonyl (C=O) groups excluding carboxylic acids is 1. The van der Waals surface area contributed by atoms with Crippen molar-refractivity contribution in [1.29, 1.82) is 0 Å². The Balaban J connectivity index is 1.64. The number of rotatable bonds is 4. The van der Waals surface area contributed by atoms with Crippen LogP contribution < -0.4 is 5.32 Å². The smallest absolute Gasteiger partial charge is 0.187 e. The molecule has 0 atom stereocenters. The third-order valence-corrected chi connectivity index (χ3v) is 5.04. The summed E-state index contributed by atoms with van der Waals surface area (Å²) in [6.07, 6.45) is 1.90. The number of aryl methyl sites for hydroxylation is 1. The van der Waals surface area contributed by atoms with Gasteiger partial charge in [-0.15, -0.1) is 11.3 Å². The molecule has 0 aliphatic heterocycles. The first-order valence-corrected chi connectivity index (χ1v) is 9.25. The van der Waals surface area contributed by atoms with Crippen molar-refractivity contribution >= 4 is 45.2 Å². The summed E-state index contributed by atoms with van der Waals surface area (Å²) < 4.78 is 1.99. The minimum Gasteiger partial charge on any atom is -0.332 e. The predicted octanol–water partition coefficient (Wildman–Crippen LogP) is 5.37. The zero-order chi connectivity index (χ0) is 18.3. The van der Waals surface area contributed by atoms with Crippen LogP contribution in [0, 0.1) is 6.92 Å². The molecule has 0 saturated carbocycles. The number of ketones is 1. The maximum atomic E-state index is 11.4. The molecule has 0 bridgehead atoms. The summed E-state index contributed by atoms with van der Waals surface area (Å²) >= 11 is 7.57. The number of thiazole rings is 1. The van der Waals surface area contributed by atoms with E-state index in [1.54, 1.807) is 19.1 Å². The Hall–Kier alpha value is -2.70. The van der Waals surface area contributed by atoms with Crippen molar-refractivity contribution < 1.29 is 4.79 Å². The molecule has 26 heavy (non-hydrogen) atoms. The monoisotopic (exact) mass is 382 g/mol.